The monoisotopic (exact) mass is 203 g/mol. The van der Waals surface area contributed by atoms with Crippen LogP contribution in [0.25, 0.3) is 0 Å². The number of nitrogens with zero attached hydrogens (tertiary/aromatic N) is 1. The summed E-state index contributed by atoms with van der Waals surface area (Å²) in [4.78, 5) is 0. The summed E-state index contributed by atoms with van der Waals surface area (Å²) in [6.45, 7) is 7.51. The first-order valence-corrected chi connectivity index (χ1v) is 5.70. The Bertz CT molecular complexity index is 313. The van der Waals surface area contributed by atoms with Crippen molar-refractivity contribution in [1.82, 2.24) is 5.32 Å². The van der Waals surface area contributed by atoms with Crippen LogP contribution in [0, 0.1) is 5.92 Å². The molecule has 0 aliphatic carbocycles. The second-order valence-corrected chi connectivity index (χ2v) is 4.25. The zero-order chi connectivity index (χ0) is 10.5. The van der Waals surface area contributed by atoms with Gasteiger partial charge in [-0.2, -0.15) is 0 Å². The van der Waals surface area contributed by atoms with E-state index in [4.69, 9.17) is 0 Å². The summed E-state index contributed by atoms with van der Waals surface area (Å²) in [6.07, 6.45) is 2.55. The molecule has 2 heteroatoms. The lowest BCUT2D eigenvalue weighted by Crippen LogP contribution is -2.31. The Morgan fingerprint density at radius 2 is 1.87 bits per heavy atom. The summed E-state index contributed by atoms with van der Waals surface area (Å²) in [5.74, 6) is 0.795. The van der Waals surface area contributed by atoms with Crippen LogP contribution in [0.2, 0.25) is 0 Å². The topological polar surface area (TPSA) is 15.0 Å². The molecule has 1 N–H and O–H groups in total. The van der Waals surface area contributed by atoms with Gasteiger partial charge < -0.3 is 5.32 Å². The van der Waals surface area contributed by atoms with Crippen molar-refractivity contribution in [2.24, 2.45) is 5.92 Å². The second kappa shape index (κ2) is 5.08. The first-order valence-electron chi connectivity index (χ1n) is 5.70. The van der Waals surface area contributed by atoms with Crippen molar-refractivity contribution in [2.45, 2.75) is 12.8 Å². The number of hydrogen-bond donors (Lipinski definition) is 1. The smallest absolute Gasteiger partial charge is 0.204 e. The number of rotatable bonds is 3. The van der Waals surface area contributed by atoms with E-state index in [1.165, 1.54) is 18.5 Å². The highest BCUT2D eigenvalue weighted by molar-refractivity contribution is 5.32. The molecule has 2 nitrogen and oxygen atoms in total. The average Bonchev–Trinajstić information content (AvgIpc) is 2.31. The average molecular weight is 203 g/mol. The van der Waals surface area contributed by atoms with E-state index in [2.05, 4.69) is 40.9 Å². The molecule has 0 aromatic heterocycles. The van der Waals surface area contributed by atoms with Gasteiger partial charge in [0.05, 0.1) is 0 Å². The molecule has 1 heterocycles. The molecule has 1 fully saturated rings. The molecule has 80 valence electrons. The largest absolute Gasteiger partial charge is 0.317 e. The van der Waals surface area contributed by atoms with E-state index in [9.17, 15) is 0 Å². The molecule has 1 aliphatic heterocycles. The molecule has 2 rings (SSSR count). The maximum Gasteiger partial charge on any atom is 0.204 e. The van der Waals surface area contributed by atoms with Crippen LogP contribution in [0.5, 0.6) is 0 Å². The Kier molecular flexibility index (Phi) is 3.51. The van der Waals surface area contributed by atoms with Crippen LogP contribution < -0.4 is 5.32 Å². The van der Waals surface area contributed by atoms with E-state index in [-0.39, 0.29) is 0 Å². The Labute approximate surface area is 91.6 Å². The van der Waals surface area contributed by atoms with Gasteiger partial charge in [-0.3, -0.25) is 0 Å². The SMILES string of the molecule is C=[N+](CC1CCNCC1)c1ccccc1. The highest BCUT2D eigenvalue weighted by Crippen LogP contribution is 2.16. The minimum Gasteiger partial charge on any atom is -0.317 e. The molecule has 0 bridgehead atoms. The minimum atomic E-state index is 0.795. The molecule has 1 saturated heterocycles. The summed E-state index contributed by atoms with van der Waals surface area (Å²) in [5, 5.41) is 3.39. The van der Waals surface area contributed by atoms with Gasteiger partial charge in [0.25, 0.3) is 0 Å². The Morgan fingerprint density at radius 1 is 1.20 bits per heavy atom. The third-order valence-electron chi connectivity index (χ3n) is 3.06. The van der Waals surface area contributed by atoms with E-state index in [0.717, 1.165) is 25.6 Å². The first kappa shape index (κ1) is 10.4. The summed E-state index contributed by atoms with van der Waals surface area (Å²) < 4.78 is 2.12. The van der Waals surface area contributed by atoms with Crippen molar-refractivity contribution in [1.29, 1.82) is 0 Å². The van der Waals surface area contributed by atoms with E-state index < -0.39 is 0 Å². The lowest BCUT2D eigenvalue weighted by atomic mass is 9.98. The zero-order valence-corrected chi connectivity index (χ0v) is 9.15. The maximum absolute atomic E-state index is 4.12. The summed E-state index contributed by atoms with van der Waals surface area (Å²) >= 11 is 0. The van der Waals surface area contributed by atoms with Crippen LogP contribution in [0.3, 0.4) is 0 Å². The first-order chi connectivity index (χ1) is 7.36. The Balaban J connectivity index is 1.91. The molecular weight excluding hydrogens is 184 g/mol. The molecule has 0 saturated carbocycles. The van der Waals surface area contributed by atoms with E-state index in [1.807, 2.05) is 6.07 Å². The zero-order valence-electron chi connectivity index (χ0n) is 9.15. The Hall–Kier alpha value is -1.15. The van der Waals surface area contributed by atoms with Crippen molar-refractivity contribution >= 4 is 12.4 Å². The molecule has 15 heavy (non-hydrogen) atoms. The predicted molar refractivity (Wildman–Crippen MR) is 63.9 cm³/mol. The number of para-hydroxylation sites is 1. The third kappa shape index (κ3) is 2.90. The van der Waals surface area contributed by atoms with Gasteiger partial charge in [0, 0.05) is 18.1 Å². The fraction of sp³-hybridized carbons (Fsp3) is 0.462. The van der Waals surface area contributed by atoms with E-state index >= 15 is 0 Å². The van der Waals surface area contributed by atoms with E-state index in [0.29, 0.717) is 0 Å². The fourth-order valence-corrected chi connectivity index (χ4v) is 2.12. The van der Waals surface area contributed by atoms with Crippen LogP contribution in [0.4, 0.5) is 5.69 Å². The number of hydrogen-bond acceptors (Lipinski definition) is 1. The number of nitrogens with one attached hydrogen (secondary N) is 1. The summed E-state index contributed by atoms with van der Waals surface area (Å²) in [6, 6.07) is 10.4. The van der Waals surface area contributed by atoms with Crippen LogP contribution >= 0.6 is 0 Å². The quantitative estimate of drug-likeness (QED) is 0.587. The normalized spacial score (nSPS) is 17.6. The standard InChI is InChI=1S/C13H19N2/c1-15(13-5-3-2-4-6-13)11-12-7-9-14-10-8-12/h2-6,12,14H,1,7-11H2/q+1. The van der Waals surface area contributed by atoms with Crippen LogP contribution in [0.1, 0.15) is 12.8 Å². The van der Waals surface area contributed by atoms with Gasteiger partial charge in [-0.05, 0) is 25.9 Å². The Morgan fingerprint density at radius 3 is 2.53 bits per heavy atom. The highest BCUT2D eigenvalue weighted by Gasteiger charge is 2.18. The van der Waals surface area contributed by atoms with Gasteiger partial charge in [-0.25, -0.2) is 4.58 Å². The molecule has 1 aromatic carbocycles. The van der Waals surface area contributed by atoms with Gasteiger partial charge >= 0.3 is 0 Å². The molecule has 0 radical (unpaired) electrons. The van der Waals surface area contributed by atoms with Crippen molar-refractivity contribution < 1.29 is 4.58 Å². The maximum atomic E-state index is 4.12. The van der Waals surface area contributed by atoms with Crippen molar-refractivity contribution in [3.8, 4) is 0 Å². The lowest BCUT2D eigenvalue weighted by Gasteiger charge is -2.20. The highest BCUT2D eigenvalue weighted by atomic mass is 15.0. The van der Waals surface area contributed by atoms with Crippen molar-refractivity contribution in [3.05, 3.63) is 30.3 Å². The van der Waals surface area contributed by atoms with Gasteiger partial charge in [0.2, 0.25) is 5.69 Å². The molecular formula is C13H19N2+. The molecule has 1 aromatic rings. The van der Waals surface area contributed by atoms with Gasteiger partial charge in [-0.15, -0.1) is 0 Å². The van der Waals surface area contributed by atoms with E-state index in [1.54, 1.807) is 0 Å². The van der Waals surface area contributed by atoms with Crippen molar-refractivity contribution in [2.75, 3.05) is 19.6 Å². The van der Waals surface area contributed by atoms with Gasteiger partial charge in [0.15, 0.2) is 6.54 Å². The second-order valence-electron chi connectivity index (χ2n) is 4.25. The number of benzene rings is 1. The molecule has 0 atom stereocenters. The van der Waals surface area contributed by atoms with Gasteiger partial charge in [-0.1, -0.05) is 18.2 Å². The predicted octanol–water partition coefficient (Wildman–Crippen LogP) is 2.03. The fourth-order valence-electron chi connectivity index (χ4n) is 2.12. The van der Waals surface area contributed by atoms with Gasteiger partial charge in [0.1, 0.15) is 6.72 Å². The van der Waals surface area contributed by atoms with Crippen LogP contribution in [-0.4, -0.2) is 30.9 Å². The molecule has 0 amide bonds. The van der Waals surface area contributed by atoms with Crippen LogP contribution in [0.15, 0.2) is 30.3 Å². The molecule has 0 unspecified atom stereocenters. The minimum absolute atomic E-state index is 0.795. The number of piperidine rings is 1. The lowest BCUT2D eigenvalue weighted by molar-refractivity contribution is -0.441. The molecule has 1 aliphatic rings. The van der Waals surface area contributed by atoms with Crippen molar-refractivity contribution in [3.63, 3.8) is 0 Å². The molecule has 0 spiro atoms. The van der Waals surface area contributed by atoms with Crippen LogP contribution in [-0.2, 0) is 0 Å². The third-order valence-corrected chi connectivity index (χ3v) is 3.06. The summed E-state index contributed by atoms with van der Waals surface area (Å²) in [5.41, 5.74) is 1.22. The summed E-state index contributed by atoms with van der Waals surface area (Å²) in [7, 11) is 0.